The summed E-state index contributed by atoms with van der Waals surface area (Å²) in [5, 5.41) is 2.96. The monoisotopic (exact) mass is 340 g/mol. The zero-order valence-electron chi connectivity index (χ0n) is 14.7. The number of carbonyl (C=O) groups excluding carboxylic acids is 2. The molecule has 2 amide bonds. The van der Waals surface area contributed by atoms with Gasteiger partial charge in [-0.05, 0) is 38.8 Å². The van der Waals surface area contributed by atoms with E-state index in [1.165, 1.54) is 0 Å². The molecule has 1 unspecified atom stereocenters. The van der Waals surface area contributed by atoms with Crippen molar-refractivity contribution in [2.24, 2.45) is 5.92 Å². The topological polar surface area (TPSA) is 62.6 Å². The lowest BCUT2D eigenvalue weighted by molar-refractivity contribution is 0.0853. The molecule has 0 bridgehead atoms. The van der Waals surface area contributed by atoms with Gasteiger partial charge in [-0.1, -0.05) is 30.3 Å². The summed E-state index contributed by atoms with van der Waals surface area (Å²) in [5.41, 5.74) is 0.757. The van der Waals surface area contributed by atoms with E-state index in [4.69, 9.17) is 4.42 Å². The smallest absolute Gasteiger partial charge is 0.317 e. The first-order valence-corrected chi connectivity index (χ1v) is 8.75. The van der Waals surface area contributed by atoms with Gasteiger partial charge in [-0.3, -0.25) is 4.79 Å². The van der Waals surface area contributed by atoms with Crippen LogP contribution in [0, 0.1) is 12.8 Å². The third-order valence-corrected chi connectivity index (χ3v) is 4.74. The van der Waals surface area contributed by atoms with Gasteiger partial charge in [-0.15, -0.1) is 0 Å². The number of carbonyl (C=O) groups is 2. The van der Waals surface area contributed by atoms with Crippen molar-refractivity contribution in [3.63, 3.8) is 0 Å². The van der Waals surface area contributed by atoms with Crippen molar-refractivity contribution in [3.8, 4) is 0 Å². The number of likely N-dealkylation sites (tertiary alicyclic amines) is 1. The second-order valence-corrected chi connectivity index (χ2v) is 6.61. The second kappa shape index (κ2) is 7.55. The van der Waals surface area contributed by atoms with E-state index in [1.54, 1.807) is 4.90 Å². The van der Waals surface area contributed by atoms with Gasteiger partial charge in [0.05, 0.1) is 6.04 Å². The van der Waals surface area contributed by atoms with Gasteiger partial charge in [-0.2, -0.15) is 0 Å². The van der Waals surface area contributed by atoms with Crippen molar-refractivity contribution in [2.75, 3.05) is 13.1 Å². The van der Waals surface area contributed by atoms with E-state index in [9.17, 15) is 9.59 Å². The highest BCUT2D eigenvalue weighted by Gasteiger charge is 2.28. The van der Waals surface area contributed by atoms with Crippen LogP contribution in [0.25, 0.3) is 0 Å². The molecule has 0 saturated carbocycles. The summed E-state index contributed by atoms with van der Waals surface area (Å²) >= 11 is 0. The average Bonchev–Trinajstić information content (AvgIpc) is 3.08. The summed E-state index contributed by atoms with van der Waals surface area (Å²) < 4.78 is 5.55. The minimum absolute atomic E-state index is 0.00315. The molecule has 1 N–H and O–H groups in total. The lowest BCUT2D eigenvalue weighted by Crippen LogP contribution is -2.46. The highest BCUT2D eigenvalue weighted by molar-refractivity contribution is 5.97. The highest BCUT2D eigenvalue weighted by atomic mass is 16.3. The molecule has 1 aromatic heterocycles. The molecule has 132 valence electrons. The third kappa shape index (κ3) is 4.10. The van der Waals surface area contributed by atoms with E-state index in [2.05, 4.69) is 5.32 Å². The van der Waals surface area contributed by atoms with Crippen LogP contribution in [-0.4, -0.2) is 29.8 Å². The third-order valence-electron chi connectivity index (χ3n) is 4.74. The van der Waals surface area contributed by atoms with Gasteiger partial charge in [0.25, 0.3) is 0 Å². The van der Waals surface area contributed by atoms with Gasteiger partial charge >= 0.3 is 6.03 Å². The molecular weight excluding hydrogens is 316 g/mol. The number of urea groups is 1. The molecule has 1 aliphatic heterocycles. The minimum atomic E-state index is -0.176. The summed E-state index contributed by atoms with van der Waals surface area (Å²) in [5.74, 6) is 1.76. The number of benzene rings is 1. The maximum absolute atomic E-state index is 12.5. The van der Waals surface area contributed by atoms with E-state index < -0.39 is 0 Å². The van der Waals surface area contributed by atoms with E-state index >= 15 is 0 Å². The van der Waals surface area contributed by atoms with Crippen molar-refractivity contribution in [1.29, 1.82) is 0 Å². The second-order valence-electron chi connectivity index (χ2n) is 6.61. The maximum Gasteiger partial charge on any atom is 0.317 e. The van der Waals surface area contributed by atoms with Gasteiger partial charge in [0.15, 0.2) is 5.78 Å². The van der Waals surface area contributed by atoms with Crippen molar-refractivity contribution >= 4 is 11.8 Å². The Bertz CT molecular complexity index is 730. The lowest BCUT2D eigenvalue weighted by Gasteiger charge is -2.32. The van der Waals surface area contributed by atoms with Gasteiger partial charge < -0.3 is 14.6 Å². The highest BCUT2D eigenvalue weighted by Crippen LogP contribution is 2.22. The molecule has 5 heteroatoms. The number of amides is 2. The Kier molecular flexibility index (Phi) is 5.22. The Balaban J connectivity index is 1.51. The summed E-state index contributed by atoms with van der Waals surface area (Å²) in [7, 11) is 0. The first kappa shape index (κ1) is 17.3. The largest absolute Gasteiger partial charge is 0.464 e. The van der Waals surface area contributed by atoms with Gasteiger partial charge in [0.1, 0.15) is 11.5 Å². The molecule has 0 radical (unpaired) electrons. The Morgan fingerprint density at radius 2 is 1.80 bits per heavy atom. The van der Waals surface area contributed by atoms with Crippen molar-refractivity contribution in [3.05, 3.63) is 59.5 Å². The van der Waals surface area contributed by atoms with Crippen LogP contribution in [0.2, 0.25) is 0 Å². The van der Waals surface area contributed by atoms with Crippen molar-refractivity contribution in [2.45, 2.75) is 32.7 Å². The van der Waals surface area contributed by atoms with Crippen molar-refractivity contribution in [1.82, 2.24) is 10.2 Å². The number of hydrogen-bond acceptors (Lipinski definition) is 3. The number of nitrogens with zero attached hydrogens (tertiary/aromatic N) is 1. The van der Waals surface area contributed by atoms with Crippen LogP contribution < -0.4 is 5.32 Å². The Hall–Kier alpha value is -2.56. The summed E-state index contributed by atoms with van der Waals surface area (Å²) in [6, 6.07) is 12.9. The fraction of sp³-hybridized carbons (Fsp3) is 0.400. The van der Waals surface area contributed by atoms with E-state index in [-0.39, 0.29) is 23.8 Å². The molecule has 1 fully saturated rings. The molecule has 1 aliphatic rings. The number of Topliss-reactive ketones (excluding diaryl/α,β-unsaturated/α-hetero) is 1. The quantitative estimate of drug-likeness (QED) is 0.857. The fourth-order valence-corrected chi connectivity index (χ4v) is 3.22. The number of piperidine rings is 1. The number of ketones is 1. The van der Waals surface area contributed by atoms with Crippen LogP contribution in [0.3, 0.4) is 0 Å². The number of nitrogens with one attached hydrogen (secondary N) is 1. The molecule has 0 spiro atoms. The Labute approximate surface area is 148 Å². The average molecular weight is 340 g/mol. The normalized spacial score (nSPS) is 16.5. The van der Waals surface area contributed by atoms with Gasteiger partial charge in [0, 0.05) is 24.6 Å². The minimum Gasteiger partial charge on any atom is -0.464 e. The molecule has 0 aliphatic carbocycles. The number of aryl methyl sites for hydroxylation is 1. The number of rotatable bonds is 4. The predicted octanol–water partition coefficient (Wildman–Crippen LogP) is 3.95. The van der Waals surface area contributed by atoms with Crippen LogP contribution in [0.15, 0.2) is 46.9 Å². The van der Waals surface area contributed by atoms with E-state index in [1.807, 2.05) is 56.3 Å². The molecule has 2 heterocycles. The summed E-state index contributed by atoms with van der Waals surface area (Å²) in [4.78, 5) is 26.7. The predicted molar refractivity (Wildman–Crippen MR) is 95.5 cm³/mol. The number of furan rings is 1. The fourth-order valence-electron chi connectivity index (χ4n) is 3.22. The van der Waals surface area contributed by atoms with E-state index in [0.29, 0.717) is 25.9 Å². The lowest BCUT2D eigenvalue weighted by atomic mass is 9.89. The molecule has 1 aromatic carbocycles. The van der Waals surface area contributed by atoms with Crippen LogP contribution in [-0.2, 0) is 0 Å². The molecule has 2 aromatic rings. The van der Waals surface area contributed by atoms with Crippen LogP contribution in [0.5, 0.6) is 0 Å². The maximum atomic E-state index is 12.5. The van der Waals surface area contributed by atoms with Crippen LogP contribution in [0.4, 0.5) is 4.79 Å². The summed E-state index contributed by atoms with van der Waals surface area (Å²) in [6.45, 7) is 4.98. The molecule has 1 saturated heterocycles. The Morgan fingerprint density at radius 1 is 1.12 bits per heavy atom. The Morgan fingerprint density at radius 3 is 2.40 bits per heavy atom. The molecular formula is C20H24N2O3. The standard InChI is InChI=1S/C20H24N2O3/c1-14-8-9-18(25-14)15(2)21-20(24)22-12-10-17(11-13-22)19(23)16-6-4-3-5-7-16/h3-9,15,17H,10-13H2,1-2H3,(H,21,24). The van der Waals surface area contributed by atoms with E-state index in [0.717, 1.165) is 17.1 Å². The molecule has 5 nitrogen and oxygen atoms in total. The SMILES string of the molecule is Cc1ccc(C(C)NC(=O)N2CCC(C(=O)c3ccccc3)CC2)o1. The van der Waals surface area contributed by atoms with Gasteiger partial charge in [-0.25, -0.2) is 4.79 Å². The van der Waals surface area contributed by atoms with Crippen molar-refractivity contribution < 1.29 is 14.0 Å². The van der Waals surface area contributed by atoms with Crippen LogP contribution >= 0.6 is 0 Å². The van der Waals surface area contributed by atoms with Gasteiger partial charge in [0.2, 0.25) is 0 Å². The first-order valence-electron chi connectivity index (χ1n) is 8.75. The summed E-state index contributed by atoms with van der Waals surface area (Å²) in [6.07, 6.45) is 1.41. The molecule has 3 rings (SSSR count). The zero-order valence-corrected chi connectivity index (χ0v) is 14.7. The van der Waals surface area contributed by atoms with Crippen LogP contribution in [0.1, 0.15) is 47.7 Å². The molecule has 1 atom stereocenters. The first-order chi connectivity index (χ1) is 12.0. The number of hydrogen-bond donors (Lipinski definition) is 1. The molecule has 25 heavy (non-hydrogen) atoms. The zero-order chi connectivity index (χ0) is 17.8.